The summed E-state index contributed by atoms with van der Waals surface area (Å²) in [4.78, 5) is 31.9. The van der Waals surface area contributed by atoms with Gasteiger partial charge in [-0.1, -0.05) is 17.4 Å². The predicted molar refractivity (Wildman–Crippen MR) is 141 cm³/mol. The number of fused-ring (bicyclic) bond motifs is 1. The minimum Gasteiger partial charge on any atom is -0.497 e. The molecule has 0 saturated carbocycles. The highest BCUT2D eigenvalue weighted by Crippen LogP contribution is 2.35. The number of benzene rings is 2. The zero-order valence-corrected chi connectivity index (χ0v) is 22.9. The van der Waals surface area contributed by atoms with Crippen molar-refractivity contribution < 1.29 is 23.7 Å². The van der Waals surface area contributed by atoms with Gasteiger partial charge < -0.3 is 18.9 Å². The lowest BCUT2D eigenvalue weighted by molar-refractivity contribution is -0.139. The van der Waals surface area contributed by atoms with E-state index in [4.69, 9.17) is 18.9 Å². The molecule has 1 aliphatic heterocycles. The van der Waals surface area contributed by atoms with E-state index in [-0.39, 0.29) is 12.2 Å². The molecular weight excluding hydrogens is 548 g/mol. The first-order chi connectivity index (χ1) is 17.3. The van der Waals surface area contributed by atoms with Crippen molar-refractivity contribution in [1.82, 2.24) is 4.57 Å². The van der Waals surface area contributed by atoms with Crippen LogP contribution in [0.1, 0.15) is 31.0 Å². The normalized spacial score (nSPS) is 15.3. The molecule has 1 unspecified atom stereocenters. The topological polar surface area (TPSA) is 88.4 Å². The molecule has 0 saturated heterocycles. The third-order valence-corrected chi connectivity index (χ3v) is 7.33. The zero-order chi connectivity index (χ0) is 26.0. The zero-order valence-electron chi connectivity index (χ0n) is 20.5. The van der Waals surface area contributed by atoms with Gasteiger partial charge in [-0.15, -0.1) is 0 Å². The van der Waals surface area contributed by atoms with Gasteiger partial charge in [-0.3, -0.25) is 9.36 Å². The van der Waals surface area contributed by atoms with E-state index in [1.165, 1.54) is 15.9 Å². The quantitative estimate of drug-likeness (QED) is 0.402. The molecule has 1 atom stereocenters. The van der Waals surface area contributed by atoms with Gasteiger partial charge in [-0.2, -0.15) is 0 Å². The number of thiazole rings is 1. The molecule has 0 aliphatic carbocycles. The van der Waals surface area contributed by atoms with Gasteiger partial charge in [-0.05, 0) is 71.7 Å². The van der Waals surface area contributed by atoms with Crippen LogP contribution >= 0.6 is 27.3 Å². The van der Waals surface area contributed by atoms with Gasteiger partial charge in [0.2, 0.25) is 0 Å². The summed E-state index contributed by atoms with van der Waals surface area (Å²) in [6.45, 7) is 3.69. The summed E-state index contributed by atoms with van der Waals surface area (Å²) in [5, 5.41) is 0. The molecule has 2 aromatic carbocycles. The number of aromatic nitrogens is 1. The lowest BCUT2D eigenvalue weighted by atomic mass is 9.96. The number of carbonyl (C=O) groups excluding carboxylic acids is 1. The number of nitrogens with zero attached hydrogens (tertiary/aromatic N) is 2. The first-order valence-electron chi connectivity index (χ1n) is 11.1. The lowest BCUT2D eigenvalue weighted by Crippen LogP contribution is -2.40. The molecule has 0 spiro atoms. The largest absolute Gasteiger partial charge is 0.497 e. The summed E-state index contributed by atoms with van der Waals surface area (Å²) < 4.78 is 24.2. The van der Waals surface area contributed by atoms with Gasteiger partial charge in [-0.25, -0.2) is 9.79 Å². The molecule has 1 aromatic heterocycles. The lowest BCUT2D eigenvalue weighted by Gasteiger charge is -2.25. The monoisotopic (exact) mass is 572 g/mol. The van der Waals surface area contributed by atoms with Crippen molar-refractivity contribution in [2.24, 2.45) is 4.99 Å². The minimum atomic E-state index is -0.725. The Kier molecular flexibility index (Phi) is 7.65. The van der Waals surface area contributed by atoms with E-state index >= 15 is 0 Å². The summed E-state index contributed by atoms with van der Waals surface area (Å²) >= 11 is 4.76. The van der Waals surface area contributed by atoms with Gasteiger partial charge in [0, 0.05) is 5.56 Å². The molecule has 3 aromatic rings. The van der Waals surface area contributed by atoms with E-state index in [1.54, 1.807) is 65.5 Å². The molecule has 0 amide bonds. The van der Waals surface area contributed by atoms with Crippen molar-refractivity contribution in [3.8, 4) is 17.2 Å². The Hall–Kier alpha value is -3.37. The molecule has 0 radical (unpaired) electrons. The van der Waals surface area contributed by atoms with E-state index in [2.05, 4.69) is 20.9 Å². The molecule has 2 heterocycles. The predicted octanol–water partition coefficient (Wildman–Crippen LogP) is 3.59. The Bertz CT molecular complexity index is 1540. The van der Waals surface area contributed by atoms with Crippen molar-refractivity contribution in [1.29, 1.82) is 0 Å². The maximum Gasteiger partial charge on any atom is 0.338 e. The Morgan fingerprint density at radius 1 is 1.11 bits per heavy atom. The van der Waals surface area contributed by atoms with E-state index in [0.29, 0.717) is 53.5 Å². The smallest absolute Gasteiger partial charge is 0.338 e. The first kappa shape index (κ1) is 25.7. The SMILES string of the molecule is CCOC(=O)C1=C(C)N=c2sc(=Cc3cc(OC)ccc3OC)c(=O)n2C1c1ccc(OC)c(Br)c1. The fourth-order valence-electron chi connectivity index (χ4n) is 4.05. The fourth-order valence-corrected chi connectivity index (χ4v) is 5.65. The Labute approximate surface area is 220 Å². The van der Waals surface area contributed by atoms with Gasteiger partial charge in [0.05, 0.1) is 54.3 Å². The minimum absolute atomic E-state index is 0.203. The molecular formula is C26H25BrN2O6S. The van der Waals surface area contributed by atoms with E-state index in [1.807, 2.05) is 12.1 Å². The molecule has 4 rings (SSSR count). The second-order valence-corrected chi connectivity index (χ2v) is 9.67. The highest BCUT2D eigenvalue weighted by molar-refractivity contribution is 9.10. The van der Waals surface area contributed by atoms with Crippen LogP contribution < -0.4 is 29.1 Å². The van der Waals surface area contributed by atoms with E-state index in [0.717, 1.165) is 0 Å². The molecule has 0 fully saturated rings. The number of halogens is 1. The average Bonchev–Trinajstić information content (AvgIpc) is 3.17. The number of methoxy groups -OCH3 is 3. The molecule has 10 heteroatoms. The highest BCUT2D eigenvalue weighted by Gasteiger charge is 2.33. The molecule has 1 aliphatic rings. The van der Waals surface area contributed by atoms with Crippen LogP contribution in [0.15, 0.2) is 61.9 Å². The Balaban J connectivity index is 1.98. The van der Waals surface area contributed by atoms with Crippen LogP contribution in [0.5, 0.6) is 17.2 Å². The van der Waals surface area contributed by atoms with Crippen molar-refractivity contribution in [3.63, 3.8) is 0 Å². The number of hydrogen-bond acceptors (Lipinski definition) is 8. The van der Waals surface area contributed by atoms with Crippen LogP contribution in [0.3, 0.4) is 0 Å². The van der Waals surface area contributed by atoms with Crippen LogP contribution in [0.4, 0.5) is 0 Å². The van der Waals surface area contributed by atoms with Crippen LogP contribution in [0.25, 0.3) is 6.08 Å². The second kappa shape index (κ2) is 10.7. The second-order valence-electron chi connectivity index (χ2n) is 7.80. The van der Waals surface area contributed by atoms with Crippen molar-refractivity contribution >= 4 is 39.3 Å². The van der Waals surface area contributed by atoms with Gasteiger partial charge >= 0.3 is 5.97 Å². The Morgan fingerprint density at radius 3 is 2.47 bits per heavy atom. The highest BCUT2D eigenvalue weighted by atomic mass is 79.9. The van der Waals surface area contributed by atoms with Crippen LogP contribution in [0.2, 0.25) is 0 Å². The molecule has 8 nitrogen and oxygen atoms in total. The summed E-state index contributed by atoms with van der Waals surface area (Å²) in [5.41, 5.74) is 1.93. The van der Waals surface area contributed by atoms with Crippen molar-refractivity contribution in [2.45, 2.75) is 19.9 Å². The summed E-state index contributed by atoms with van der Waals surface area (Å²) in [6.07, 6.45) is 1.75. The number of carbonyl (C=O) groups is 1. The number of ether oxygens (including phenoxy) is 4. The third-order valence-electron chi connectivity index (χ3n) is 5.73. The standard InChI is InChI=1S/C26H25BrN2O6S/c1-6-35-25(31)22-14(2)28-26-29(23(22)15-7-9-20(34-5)18(27)12-15)24(30)21(36-26)13-16-11-17(32-3)8-10-19(16)33-4/h7-13,23H,6H2,1-5H3. The van der Waals surface area contributed by atoms with Gasteiger partial charge in [0.15, 0.2) is 4.80 Å². The molecule has 36 heavy (non-hydrogen) atoms. The molecule has 0 N–H and O–H groups in total. The summed E-state index contributed by atoms with van der Waals surface area (Å²) in [5.74, 6) is 1.35. The fraction of sp³-hybridized carbons (Fsp3) is 0.269. The third kappa shape index (κ3) is 4.70. The van der Waals surface area contributed by atoms with Crippen LogP contribution in [-0.2, 0) is 9.53 Å². The van der Waals surface area contributed by atoms with Gasteiger partial charge in [0.1, 0.15) is 17.2 Å². The average molecular weight is 573 g/mol. The number of allylic oxidation sites excluding steroid dienone is 1. The van der Waals surface area contributed by atoms with Crippen LogP contribution in [0, 0.1) is 0 Å². The maximum atomic E-state index is 13.8. The molecule has 188 valence electrons. The number of esters is 1. The number of rotatable bonds is 7. The van der Waals surface area contributed by atoms with Crippen molar-refractivity contribution in [2.75, 3.05) is 27.9 Å². The van der Waals surface area contributed by atoms with Crippen molar-refractivity contribution in [3.05, 3.63) is 83.0 Å². The van der Waals surface area contributed by atoms with Gasteiger partial charge in [0.25, 0.3) is 5.56 Å². The maximum absolute atomic E-state index is 13.8. The first-order valence-corrected chi connectivity index (χ1v) is 12.7. The summed E-state index contributed by atoms with van der Waals surface area (Å²) in [7, 11) is 4.72. The number of hydrogen-bond donors (Lipinski definition) is 0. The van der Waals surface area contributed by atoms with Crippen LogP contribution in [-0.4, -0.2) is 38.5 Å². The molecule has 0 bridgehead atoms. The summed E-state index contributed by atoms with van der Waals surface area (Å²) in [6, 6.07) is 10.1. The Morgan fingerprint density at radius 2 is 1.83 bits per heavy atom. The van der Waals surface area contributed by atoms with E-state index in [9.17, 15) is 9.59 Å². The van der Waals surface area contributed by atoms with E-state index < -0.39 is 12.0 Å².